The van der Waals surface area contributed by atoms with Crippen LogP contribution in [0.2, 0.25) is 0 Å². The second-order valence-corrected chi connectivity index (χ2v) is 4.75. The highest BCUT2D eigenvalue weighted by molar-refractivity contribution is 5.79. The molecule has 0 heterocycles. The van der Waals surface area contributed by atoms with E-state index < -0.39 is 5.97 Å². The zero-order valence-electron chi connectivity index (χ0n) is 10.2. The van der Waals surface area contributed by atoms with E-state index in [1.807, 2.05) is 0 Å². The van der Waals surface area contributed by atoms with Gasteiger partial charge in [0.05, 0.1) is 0 Å². The van der Waals surface area contributed by atoms with Crippen LogP contribution < -0.4 is 0 Å². The summed E-state index contributed by atoms with van der Waals surface area (Å²) in [4.78, 5) is 10.2. The summed E-state index contributed by atoms with van der Waals surface area (Å²) in [5.74, 6) is 0.661. The number of allylic oxidation sites excluding steroid dienone is 1. The highest BCUT2D eigenvalue weighted by Crippen LogP contribution is 2.16. The van der Waals surface area contributed by atoms with Gasteiger partial charge in [-0.2, -0.15) is 0 Å². The lowest BCUT2D eigenvalue weighted by Gasteiger charge is -2.10. The van der Waals surface area contributed by atoms with Crippen molar-refractivity contribution in [2.24, 2.45) is 11.8 Å². The molecule has 0 spiro atoms. The minimum absolute atomic E-state index is 0.710. The van der Waals surface area contributed by atoms with E-state index in [9.17, 15) is 4.79 Å². The molecule has 1 atom stereocenters. The summed E-state index contributed by atoms with van der Waals surface area (Å²) in [6, 6.07) is 0. The number of hydrogen-bond donors (Lipinski definition) is 1. The van der Waals surface area contributed by atoms with Crippen LogP contribution >= 0.6 is 0 Å². The Morgan fingerprint density at radius 3 is 2.40 bits per heavy atom. The molecule has 0 aromatic heterocycles. The van der Waals surface area contributed by atoms with E-state index in [-0.39, 0.29) is 0 Å². The van der Waals surface area contributed by atoms with Gasteiger partial charge in [0.25, 0.3) is 0 Å². The molecule has 88 valence electrons. The van der Waals surface area contributed by atoms with Gasteiger partial charge >= 0.3 is 5.97 Å². The third kappa shape index (κ3) is 11.1. The van der Waals surface area contributed by atoms with Gasteiger partial charge in [-0.25, -0.2) is 4.79 Å². The molecule has 0 radical (unpaired) electrons. The number of carboxylic acids is 1. The molecule has 0 fully saturated rings. The van der Waals surface area contributed by atoms with Crippen molar-refractivity contribution in [2.75, 3.05) is 0 Å². The topological polar surface area (TPSA) is 37.3 Å². The first-order valence-electron chi connectivity index (χ1n) is 5.91. The minimum atomic E-state index is -0.845. The Bertz CT molecular complexity index is 195. The van der Waals surface area contributed by atoms with Crippen LogP contribution in [-0.4, -0.2) is 11.1 Å². The molecule has 1 unspecified atom stereocenters. The molecule has 2 heteroatoms. The van der Waals surface area contributed by atoms with E-state index in [1.54, 1.807) is 6.08 Å². The van der Waals surface area contributed by atoms with E-state index in [1.165, 1.54) is 25.3 Å². The maximum atomic E-state index is 10.2. The van der Waals surface area contributed by atoms with Crippen LogP contribution in [0.3, 0.4) is 0 Å². The van der Waals surface area contributed by atoms with Crippen molar-refractivity contribution >= 4 is 5.97 Å². The fourth-order valence-corrected chi connectivity index (χ4v) is 1.58. The van der Waals surface area contributed by atoms with Crippen LogP contribution in [0.25, 0.3) is 0 Å². The average Bonchev–Trinajstić information content (AvgIpc) is 2.11. The average molecular weight is 212 g/mol. The summed E-state index contributed by atoms with van der Waals surface area (Å²) in [6.07, 6.45) is 8.83. The molecule has 0 aliphatic carbocycles. The second-order valence-electron chi connectivity index (χ2n) is 4.75. The molecule has 0 aromatic rings. The first kappa shape index (κ1) is 14.2. The van der Waals surface area contributed by atoms with Gasteiger partial charge in [-0.1, -0.05) is 46.1 Å². The Kier molecular flexibility index (Phi) is 8.06. The third-order valence-electron chi connectivity index (χ3n) is 2.56. The summed E-state index contributed by atoms with van der Waals surface area (Å²) in [7, 11) is 0. The van der Waals surface area contributed by atoms with Crippen LogP contribution in [-0.2, 0) is 4.79 Å². The number of rotatable bonds is 8. The SMILES string of the molecule is CC(C)CCCC(C)CCC=CC(=O)O. The monoisotopic (exact) mass is 212 g/mol. The van der Waals surface area contributed by atoms with Crippen molar-refractivity contribution in [3.05, 3.63) is 12.2 Å². The molecular weight excluding hydrogens is 188 g/mol. The zero-order valence-corrected chi connectivity index (χ0v) is 10.2. The van der Waals surface area contributed by atoms with Crippen molar-refractivity contribution < 1.29 is 9.90 Å². The van der Waals surface area contributed by atoms with Crippen molar-refractivity contribution in [1.82, 2.24) is 0 Å². The molecule has 0 aromatic carbocycles. The number of carbonyl (C=O) groups is 1. The molecule has 0 amide bonds. The lowest BCUT2D eigenvalue weighted by molar-refractivity contribution is -0.131. The summed E-state index contributed by atoms with van der Waals surface area (Å²) in [6.45, 7) is 6.75. The lowest BCUT2D eigenvalue weighted by atomic mass is 9.96. The minimum Gasteiger partial charge on any atom is -0.478 e. The quantitative estimate of drug-likeness (QED) is 0.620. The fraction of sp³-hybridized carbons (Fsp3) is 0.769. The summed E-state index contributed by atoms with van der Waals surface area (Å²) in [5, 5.41) is 8.39. The number of aliphatic carboxylic acids is 1. The molecule has 0 aliphatic heterocycles. The van der Waals surface area contributed by atoms with Gasteiger partial charge in [0.2, 0.25) is 0 Å². The number of carboxylic acid groups (broad SMARTS) is 1. The van der Waals surface area contributed by atoms with Gasteiger partial charge < -0.3 is 5.11 Å². The van der Waals surface area contributed by atoms with E-state index in [0.29, 0.717) is 5.92 Å². The Morgan fingerprint density at radius 1 is 1.20 bits per heavy atom. The van der Waals surface area contributed by atoms with Crippen LogP contribution in [0.1, 0.15) is 52.9 Å². The maximum Gasteiger partial charge on any atom is 0.327 e. The highest BCUT2D eigenvalue weighted by Gasteiger charge is 2.01. The smallest absolute Gasteiger partial charge is 0.327 e. The van der Waals surface area contributed by atoms with Gasteiger partial charge in [-0.3, -0.25) is 0 Å². The van der Waals surface area contributed by atoms with Crippen molar-refractivity contribution in [1.29, 1.82) is 0 Å². The van der Waals surface area contributed by atoms with Crippen LogP contribution in [0.15, 0.2) is 12.2 Å². The van der Waals surface area contributed by atoms with Crippen LogP contribution in [0.5, 0.6) is 0 Å². The summed E-state index contributed by atoms with van der Waals surface area (Å²) in [5.41, 5.74) is 0. The summed E-state index contributed by atoms with van der Waals surface area (Å²) >= 11 is 0. The van der Waals surface area contributed by atoms with Gasteiger partial charge in [0, 0.05) is 6.08 Å². The normalized spacial score (nSPS) is 13.6. The van der Waals surface area contributed by atoms with Crippen molar-refractivity contribution in [2.45, 2.75) is 52.9 Å². The van der Waals surface area contributed by atoms with E-state index >= 15 is 0 Å². The predicted octanol–water partition coefficient (Wildman–Crippen LogP) is 3.87. The van der Waals surface area contributed by atoms with E-state index in [0.717, 1.165) is 18.8 Å². The molecular formula is C13H24O2. The van der Waals surface area contributed by atoms with Crippen molar-refractivity contribution in [3.8, 4) is 0 Å². The largest absolute Gasteiger partial charge is 0.478 e. The summed E-state index contributed by atoms with van der Waals surface area (Å²) < 4.78 is 0. The van der Waals surface area contributed by atoms with Crippen LogP contribution in [0, 0.1) is 11.8 Å². The lowest BCUT2D eigenvalue weighted by Crippen LogP contribution is -1.96. The number of hydrogen-bond acceptors (Lipinski definition) is 1. The van der Waals surface area contributed by atoms with Crippen LogP contribution in [0.4, 0.5) is 0 Å². The molecule has 0 saturated carbocycles. The predicted molar refractivity (Wildman–Crippen MR) is 63.9 cm³/mol. The first-order chi connectivity index (χ1) is 7.02. The van der Waals surface area contributed by atoms with E-state index in [2.05, 4.69) is 20.8 Å². The van der Waals surface area contributed by atoms with Gasteiger partial charge in [0.1, 0.15) is 0 Å². The van der Waals surface area contributed by atoms with Gasteiger partial charge in [-0.15, -0.1) is 0 Å². The van der Waals surface area contributed by atoms with Gasteiger partial charge in [-0.05, 0) is 24.7 Å². The van der Waals surface area contributed by atoms with E-state index in [4.69, 9.17) is 5.11 Å². The molecule has 0 bridgehead atoms. The fourth-order valence-electron chi connectivity index (χ4n) is 1.58. The Labute approximate surface area is 93.4 Å². The second kappa shape index (κ2) is 8.51. The standard InChI is InChI=1S/C13H24O2/c1-11(2)7-6-9-12(3)8-4-5-10-13(14)15/h5,10-12H,4,6-9H2,1-3H3,(H,14,15). The Morgan fingerprint density at radius 2 is 1.87 bits per heavy atom. The zero-order chi connectivity index (χ0) is 11.7. The first-order valence-corrected chi connectivity index (χ1v) is 5.91. The maximum absolute atomic E-state index is 10.2. The molecule has 1 N–H and O–H groups in total. The molecule has 2 nitrogen and oxygen atoms in total. The van der Waals surface area contributed by atoms with Gasteiger partial charge in [0.15, 0.2) is 0 Å². The van der Waals surface area contributed by atoms with Crippen molar-refractivity contribution in [3.63, 3.8) is 0 Å². The molecule has 15 heavy (non-hydrogen) atoms. The highest BCUT2D eigenvalue weighted by atomic mass is 16.4. The molecule has 0 aliphatic rings. The molecule has 0 saturated heterocycles. The molecule has 0 rings (SSSR count). The third-order valence-corrected chi connectivity index (χ3v) is 2.56. The Hall–Kier alpha value is -0.790. The Balaban J connectivity index is 3.41.